The lowest BCUT2D eigenvalue weighted by Gasteiger charge is -2.15. The van der Waals surface area contributed by atoms with E-state index in [1.165, 1.54) is 11.3 Å². The van der Waals surface area contributed by atoms with Crippen LogP contribution in [-0.2, 0) is 11.2 Å². The van der Waals surface area contributed by atoms with Crippen LogP contribution in [0.2, 0.25) is 0 Å². The van der Waals surface area contributed by atoms with Crippen molar-refractivity contribution in [2.45, 2.75) is 45.3 Å². The SMILES string of the molecule is CCc1csc(-n2cc(C(=O)NC3COC(C)(C)C3)cn2)n1. The van der Waals surface area contributed by atoms with E-state index in [1.807, 2.05) is 19.2 Å². The molecule has 22 heavy (non-hydrogen) atoms. The fourth-order valence-corrected chi connectivity index (χ4v) is 3.35. The zero-order chi connectivity index (χ0) is 15.7. The molecule has 7 heteroatoms. The summed E-state index contributed by atoms with van der Waals surface area (Å²) in [7, 11) is 0. The summed E-state index contributed by atoms with van der Waals surface area (Å²) in [4.78, 5) is 16.7. The lowest BCUT2D eigenvalue weighted by Crippen LogP contribution is -2.35. The number of aryl methyl sites for hydroxylation is 1. The molecule has 0 saturated carbocycles. The molecule has 1 aliphatic heterocycles. The average molecular weight is 320 g/mol. The molecule has 0 aromatic carbocycles. The highest BCUT2D eigenvalue weighted by atomic mass is 32.1. The van der Waals surface area contributed by atoms with Crippen LogP contribution in [0.1, 0.15) is 43.2 Å². The van der Waals surface area contributed by atoms with Crippen LogP contribution in [0.15, 0.2) is 17.8 Å². The number of rotatable bonds is 4. The number of hydrogen-bond acceptors (Lipinski definition) is 5. The Morgan fingerprint density at radius 2 is 2.41 bits per heavy atom. The molecule has 118 valence electrons. The molecule has 3 rings (SSSR count). The van der Waals surface area contributed by atoms with Crippen molar-refractivity contribution < 1.29 is 9.53 Å². The van der Waals surface area contributed by atoms with E-state index >= 15 is 0 Å². The summed E-state index contributed by atoms with van der Waals surface area (Å²) in [5.74, 6) is -0.121. The Labute approximate surface area is 133 Å². The van der Waals surface area contributed by atoms with Crippen molar-refractivity contribution in [2.24, 2.45) is 0 Å². The third-order valence-corrected chi connectivity index (χ3v) is 4.57. The van der Waals surface area contributed by atoms with Gasteiger partial charge in [-0.15, -0.1) is 11.3 Å². The predicted octanol–water partition coefficient (Wildman–Crippen LogP) is 2.19. The molecule has 1 amide bonds. The minimum atomic E-state index is -0.167. The molecular weight excluding hydrogens is 300 g/mol. The molecular formula is C15H20N4O2S. The summed E-state index contributed by atoms with van der Waals surface area (Å²) in [5.41, 5.74) is 1.41. The summed E-state index contributed by atoms with van der Waals surface area (Å²) in [5, 5.41) is 10.0. The van der Waals surface area contributed by atoms with E-state index in [2.05, 4.69) is 22.3 Å². The molecule has 1 fully saturated rings. The molecule has 6 nitrogen and oxygen atoms in total. The first-order chi connectivity index (χ1) is 10.5. The molecule has 0 spiro atoms. The molecule has 2 aromatic heterocycles. The fraction of sp³-hybridized carbons (Fsp3) is 0.533. The molecule has 1 aliphatic rings. The van der Waals surface area contributed by atoms with Gasteiger partial charge in [0.25, 0.3) is 5.91 Å². The first kappa shape index (κ1) is 15.2. The van der Waals surface area contributed by atoms with Crippen molar-refractivity contribution in [3.63, 3.8) is 0 Å². The quantitative estimate of drug-likeness (QED) is 0.937. The third-order valence-electron chi connectivity index (χ3n) is 3.69. The molecule has 3 heterocycles. The number of carbonyl (C=O) groups is 1. The van der Waals surface area contributed by atoms with Crippen molar-refractivity contribution in [2.75, 3.05) is 6.61 Å². The molecule has 1 saturated heterocycles. The Hall–Kier alpha value is -1.73. The van der Waals surface area contributed by atoms with Gasteiger partial charge in [-0.2, -0.15) is 5.10 Å². The summed E-state index contributed by atoms with van der Waals surface area (Å²) >= 11 is 1.52. The minimum absolute atomic E-state index is 0.0532. The summed E-state index contributed by atoms with van der Waals surface area (Å²) in [6, 6.07) is 0.0532. The lowest BCUT2D eigenvalue weighted by atomic mass is 10.0. The van der Waals surface area contributed by atoms with Crippen molar-refractivity contribution >= 4 is 17.2 Å². The number of amides is 1. The van der Waals surface area contributed by atoms with Crippen LogP contribution >= 0.6 is 11.3 Å². The van der Waals surface area contributed by atoms with Gasteiger partial charge in [-0.25, -0.2) is 9.67 Å². The highest BCUT2D eigenvalue weighted by molar-refractivity contribution is 7.12. The Balaban J connectivity index is 1.67. The predicted molar refractivity (Wildman–Crippen MR) is 84.5 cm³/mol. The Bertz CT molecular complexity index is 677. The van der Waals surface area contributed by atoms with Crippen molar-refractivity contribution in [3.8, 4) is 5.13 Å². The second-order valence-corrected chi connectivity index (χ2v) is 6.93. The van der Waals surface area contributed by atoms with Gasteiger partial charge in [0.1, 0.15) is 0 Å². The second-order valence-electron chi connectivity index (χ2n) is 6.09. The Kier molecular flexibility index (Phi) is 4.01. The molecule has 0 bridgehead atoms. The van der Waals surface area contributed by atoms with E-state index in [1.54, 1.807) is 17.1 Å². The van der Waals surface area contributed by atoms with E-state index in [9.17, 15) is 4.79 Å². The standard InChI is InChI=1S/C15H20N4O2S/c1-4-11-9-22-14(18-11)19-7-10(6-16-19)13(20)17-12-5-15(2,3)21-8-12/h6-7,9,12H,4-5,8H2,1-3H3,(H,17,20). The van der Waals surface area contributed by atoms with Crippen LogP contribution in [0.3, 0.4) is 0 Å². The number of carbonyl (C=O) groups excluding carboxylic acids is 1. The average Bonchev–Trinajstić information content (AvgIpc) is 3.17. The molecule has 1 unspecified atom stereocenters. The second kappa shape index (κ2) is 5.81. The van der Waals surface area contributed by atoms with E-state index in [0.717, 1.165) is 23.7 Å². The maximum Gasteiger partial charge on any atom is 0.254 e. The van der Waals surface area contributed by atoms with Gasteiger partial charge in [-0.1, -0.05) is 6.92 Å². The molecule has 1 N–H and O–H groups in total. The van der Waals surface area contributed by atoms with Gasteiger partial charge in [0.15, 0.2) is 0 Å². The van der Waals surface area contributed by atoms with Crippen LogP contribution in [-0.4, -0.2) is 38.9 Å². The smallest absolute Gasteiger partial charge is 0.254 e. The molecule has 2 aromatic rings. The maximum absolute atomic E-state index is 12.3. The van der Waals surface area contributed by atoms with Crippen LogP contribution in [0, 0.1) is 0 Å². The Morgan fingerprint density at radius 3 is 3.05 bits per heavy atom. The van der Waals surface area contributed by atoms with Crippen LogP contribution < -0.4 is 5.32 Å². The van der Waals surface area contributed by atoms with Gasteiger partial charge < -0.3 is 10.1 Å². The normalized spacial score (nSPS) is 20.2. The topological polar surface area (TPSA) is 69.0 Å². The van der Waals surface area contributed by atoms with Gasteiger partial charge in [0, 0.05) is 11.6 Å². The number of aromatic nitrogens is 3. The van der Waals surface area contributed by atoms with Crippen LogP contribution in [0.4, 0.5) is 0 Å². The van der Waals surface area contributed by atoms with Crippen molar-refractivity contribution in [1.82, 2.24) is 20.1 Å². The number of nitrogens with one attached hydrogen (secondary N) is 1. The Morgan fingerprint density at radius 1 is 1.59 bits per heavy atom. The third kappa shape index (κ3) is 3.20. The van der Waals surface area contributed by atoms with Crippen LogP contribution in [0.25, 0.3) is 5.13 Å². The maximum atomic E-state index is 12.3. The van der Waals surface area contributed by atoms with E-state index in [4.69, 9.17) is 4.74 Å². The molecule has 1 atom stereocenters. The minimum Gasteiger partial charge on any atom is -0.373 e. The van der Waals surface area contributed by atoms with Crippen molar-refractivity contribution in [1.29, 1.82) is 0 Å². The van der Waals surface area contributed by atoms with Crippen molar-refractivity contribution in [3.05, 3.63) is 29.0 Å². The number of thiazole rings is 1. The zero-order valence-corrected chi connectivity index (χ0v) is 13.8. The summed E-state index contributed by atoms with van der Waals surface area (Å²) in [6.07, 6.45) is 5.00. The van der Waals surface area contributed by atoms with Crippen LogP contribution in [0.5, 0.6) is 0 Å². The summed E-state index contributed by atoms with van der Waals surface area (Å²) < 4.78 is 7.28. The van der Waals surface area contributed by atoms with E-state index in [-0.39, 0.29) is 17.6 Å². The largest absolute Gasteiger partial charge is 0.373 e. The monoisotopic (exact) mass is 320 g/mol. The van der Waals surface area contributed by atoms with Gasteiger partial charge in [0.05, 0.1) is 35.7 Å². The van der Waals surface area contributed by atoms with E-state index < -0.39 is 0 Å². The first-order valence-electron chi connectivity index (χ1n) is 7.41. The zero-order valence-electron chi connectivity index (χ0n) is 13.0. The highest BCUT2D eigenvalue weighted by Crippen LogP contribution is 2.24. The number of ether oxygens (including phenoxy) is 1. The number of nitrogens with zero attached hydrogens (tertiary/aromatic N) is 3. The van der Waals surface area contributed by atoms with Gasteiger partial charge in [-0.3, -0.25) is 4.79 Å². The lowest BCUT2D eigenvalue weighted by molar-refractivity contribution is 0.0355. The van der Waals surface area contributed by atoms with Gasteiger partial charge in [0.2, 0.25) is 5.13 Å². The highest BCUT2D eigenvalue weighted by Gasteiger charge is 2.33. The van der Waals surface area contributed by atoms with E-state index in [0.29, 0.717) is 12.2 Å². The first-order valence-corrected chi connectivity index (χ1v) is 8.29. The van der Waals surface area contributed by atoms with Gasteiger partial charge >= 0.3 is 0 Å². The molecule has 0 radical (unpaired) electrons. The summed E-state index contributed by atoms with van der Waals surface area (Å²) in [6.45, 7) is 6.68. The number of hydrogen-bond donors (Lipinski definition) is 1. The fourth-order valence-electron chi connectivity index (χ4n) is 2.51. The molecule has 0 aliphatic carbocycles. The van der Waals surface area contributed by atoms with Gasteiger partial charge in [-0.05, 0) is 26.7 Å².